The average Bonchev–Trinajstić information content (AvgIpc) is 2.28. The molecule has 0 aromatic heterocycles. The number of aliphatic hydroxyl groups excluding tert-OH is 1. The molecule has 2 atom stereocenters. The van der Waals surface area contributed by atoms with Crippen LogP contribution in [0.2, 0.25) is 0 Å². The summed E-state index contributed by atoms with van der Waals surface area (Å²) in [4.78, 5) is 24.1. The van der Waals surface area contributed by atoms with Crippen molar-refractivity contribution in [1.29, 1.82) is 0 Å². The van der Waals surface area contributed by atoms with E-state index >= 15 is 0 Å². The monoisotopic (exact) mass is 244 g/mol. The highest BCUT2D eigenvalue weighted by atomic mass is 16.4. The van der Waals surface area contributed by atoms with Crippen LogP contribution in [0.1, 0.15) is 32.1 Å². The van der Waals surface area contributed by atoms with Gasteiger partial charge in [0.1, 0.15) is 0 Å². The summed E-state index contributed by atoms with van der Waals surface area (Å²) in [5, 5.41) is 17.5. The summed E-state index contributed by atoms with van der Waals surface area (Å²) in [5.41, 5.74) is 5.57. The fourth-order valence-corrected chi connectivity index (χ4v) is 2.23. The summed E-state index contributed by atoms with van der Waals surface area (Å²) in [5.74, 6) is -1.38. The van der Waals surface area contributed by atoms with Crippen LogP contribution in [0, 0.1) is 0 Å². The Morgan fingerprint density at radius 1 is 1.41 bits per heavy atom. The molecular weight excluding hydrogens is 224 g/mol. The maximum Gasteiger partial charge on any atom is 0.305 e. The Kier molecular flexibility index (Phi) is 5.37. The number of carbonyl (C=O) groups excluding carboxylic acids is 1. The van der Waals surface area contributed by atoms with Crippen LogP contribution in [0.15, 0.2) is 0 Å². The molecule has 1 rings (SSSR count). The van der Waals surface area contributed by atoms with Gasteiger partial charge in [-0.15, -0.1) is 0 Å². The molecular formula is C11H20N2O4. The number of aliphatic carboxylic acids is 1. The average molecular weight is 244 g/mol. The Hall–Kier alpha value is -1.14. The second kappa shape index (κ2) is 6.56. The molecule has 0 aliphatic carbocycles. The summed E-state index contributed by atoms with van der Waals surface area (Å²) < 4.78 is 0. The van der Waals surface area contributed by atoms with Crippen molar-refractivity contribution in [3.05, 3.63) is 0 Å². The van der Waals surface area contributed by atoms with E-state index in [9.17, 15) is 9.59 Å². The van der Waals surface area contributed by atoms with Gasteiger partial charge in [0.2, 0.25) is 5.91 Å². The van der Waals surface area contributed by atoms with Gasteiger partial charge in [-0.3, -0.25) is 9.59 Å². The molecule has 0 aromatic carbocycles. The van der Waals surface area contributed by atoms with Crippen LogP contribution in [0.3, 0.4) is 0 Å². The summed E-state index contributed by atoms with van der Waals surface area (Å²) in [7, 11) is 0. The van der Waals surface area contributed by atoms with E-state index in [1.54, 1.807) is 4.90 Å². The minimum atomic E-state index is -1.07. The van der Waals surface area contributed by atoms with Crippen molar-refractivity contribution >= 4 is 11.9 Å². The molecule has 1 aliphatic heterocycles. The first kappa shape index (κ1) is 13.9. The smallest absolute Gasteiger partial charge is 0.305 e. The standard InChI is InChI=1S/C11H20N2O4/c12-9(7-10(15)16)11(17)13-5-2-1-3-8(13)4-6-14/h8-9,14H,1-7,12H2,(H,15,16). The highest BCUT2D eigenvalue weighted by Crippen LogP contribution is 2.20. The molecule has 6 heteroatoms. The number of amides is 1. The van der Waals surface area contributed by atoms with Gasteiger partial charge in [-0.25, -0.2) is 0 Å². The fraction of sp³-hybridized carbons (Fsp3) is 0.818. The van der Waals surface area contributed by atoms with E-state index in [1.807, 2.05) is 0 Å². The van der Waals surface area contributed by atoms with Gasteiger partial charge < -0.3 is 20.8 Å². The van der Waals surface area contributed by atoms with Crippen molar-refractivity contribution in [2.24, 2.45) is 5.73 Å². The van der Waals surface area contributed by atoms with Gasteiger partial charge >= 0.3 is 5.97 Å². The predicted molar refractivity (Wildman–Crippen MR) is 61.3 cm³/mol. The number of hydrogen-bond acceptors (Lipinski definition) is 4. The van der Waals surface area contributed by atoms with Crippen LogP contribution < -0.4 is 5.73 Å². The van der Waals surface area contributed by atoms with E-state index < -0.39 is 12.0 Å². The van der Waals surface area contributed by atoms with E-state index in [1.165, 1.54) is 0 Å². The van der Waals surface area contributed by atoms with E-state index in [4.69, 9.17) is 15.9 Å². The largest absolute Gasteiger partial charge is 0.481 e. The molecule has 0 spiro atoms. The Bertz CT molecular complexity index is 281. The molecule has 1 aliphatic rings. The van der Waals surface area contributed by atoms with Gasteiger partial charge in [0, 0.05) is 19.2 Å². The molecule has 0 bridgehead atoms. The van der Waals surface area contributed by atoms with Crippen molar-refractivity contribution in [3.8, 4) is 0 Å². The summed E-state index contributed by atoms with van der Waals surface area (Å²) in [6.45, 7) is 0.638. The van der Waals surface area contributed by atoms with Crippen molar-refractivity contribution in [3.63, 3.8) is 0 Å². The molecule has 6 nitrogen and oxygen atoms in total. The highest BCUT2D eigenvalue weighted by molar-refractivity contribution is 5.86. The number of nitrogens with zero attached hydrogens (tertiary/aromatic N) is 1. The Balaban J connectivity index is 2.60. The summed E-state index contributed by atoms with van der Waals surface area (Å²) in [6, 6.07) is -0.979. The lowest BCUT2D eigenvalue weighted by molar-refractivity contribution is -0.143. The van der Waals surface area contributed by atoms with Gasteiger partial charge in [0.25, 0.3) is 0 Å². The number of likely N-dealkylation sites (tertiary alicyclic amines) is 1. The number of carboxylic acids is 1. The SMILES string of the molecule is NC(CC(=O)O)C(=O)N1CCCCC1CCO. The zero-order valence-corrected chi connectivity index (χ0v) is 9.84. The fourth-order valence-electron chi connectivity index (χ4n) is 2.23. The highest BCUT2D eigenvalue weighted by Gasteiger charge is 2.30. The Morgan fingerprint density at radius 2 is 2.12 bits per heavy atom. The van der Waals surface area contributed by atoms with Crippen LogP contribution in [0.25, 0.3) is 0 Å². The molecule has 98 valence electrons. The zero-order chi connectivity index (χ0) is 12.8. The van der Waals surface area contributed by atoms with Crippen molar-refractivity contribution < 1.29 is 19.8 Å². The van der Waals surface area contributed by atoms with Crippen LogP contribution in [-0.4, -0.2) is 52.2 Å². The second-order valence-corrected chi connectivity index (χ2v) is 4.40. The van der Waals surface area contributed by atoms with Gasteiger partial charge in [-0.1, -0.05) is 0 Å². The maximum absolute atomic E-state index is 12.0. The molecule has 1 heterocycles. The second-order valence-electron chi connectivity index (χ2n) is 4.40. The summed E-state index contributed by atoms with van der Waals surface area (Å²) in [6.07, 6.45) is 2.98. The molecule has 17 heavy (non-hydrogen) atoms. The minimum absolute atomic E-state index is 0.00101. The van der Waals surface area contributed by atoms with Gasteiger partial charge in [0.05, 0.1) is 12.5 Å². The number of piperidine rings is 1. The first-order valence-electron chi connectivity index (χ1n) is 5.95. The minimum Gasteiger partial charge on any atom is -0.481 e. The lowest BCUT2D eigenvalue weighted by Crippen LogP contribution is -2.51. The van der Waals surface area contributed by atoms with E-state index in [2.05, 4.69) is 0 Å². The van der Waals surface area contributed by atoms with Crippen LogP contribution in [-0.2, 0) is 9.59 Å². The topological polar surface area (TPSA) is 104 Å². The molecule has 0 saturated carbocycles. The van der Waals surface area contributed by atoms with Crippen LogP contribution in [0.4, 0.5) is 0 Å². The van der Waals surface area contributed by atoms with Crippen LogP contribution in [0.5, 0.6) is 0 Å². The molecule has 1 amide bonds. The third-order valence-corrected chi connectivity index (χ3v) is 3.08. The van der Waals surface area contributed by atoms with Crippen LogP contribution >= 0.6 is 0 Å². The number of carboxylic acid groups (broad SMARTS) is 1. The first-order valence-corrected chi connectivity index (χ1v) is 5.95. The number of aliphatic hydroxyl groups is 1. The van der Waals surface area contributed by atoms with Gasteiger partial charge in [0.15, 0.2) is 0 Å². The molecule has 0 radical (unpaired) electrons. The van der Waals surface area contributed by atoms with E-state index in [-0.39, 0.29) is 25.0 Å². The van der Waals surface area contributed by atoms with Gasteiger partial charge in [-0.2, -0.15) is 0 Å². The number of nitrogens with two attached hydrogens (primary N) is 1. The number of hydrogen-bond donors (Lipinski definition) is 3. The zero-order valence-electron chi connectivity index (χ0n) is 9.84. The lowest BCUT2D eigenvalue weighted by Gasteiger charge is -2.36. The molecule has 4 N–H and O–H groups in total. The Labute approximate surface area is 100 Å². The van der Waals surface area contributed by atoms with Crippen molar-refractivity contribution in [2.75, 3.05) is 13.2 Å². The van der Waals surface area contributed by atoms with E-state index in [0.29, 0.717) is 13.0 Å². The quantitative estimate of drug-likeness (QED) is 0.607. The third-order valence-electron chi connectivity index (χ3n) is 3.08. The Morgan fingerprint density at radius 3 is 2.71 bits per heavy atom. The molecule has 0 aromatic rings. The molecule has 1 saturated heterocycles. The van der Waals surface area contributed by atoms with Crippen molar-refractivity contribution in [1.82, 2.24) is 4.90 Å². The lowest BCUT2D eigenvalue weighted by atomic mass is 9.98. The molecule has 2 unspecified atom stereocenters. The van der Waals surface area contributed by atoms with Gasteiger partial charge in [-0.05, 0) is 25.7 Å². The number of rotatable bonds is 5. The van der Waals surface area contributed by atoms with Crippen molar-refractivity contribution in [2.45, 2.75) is 44.2 Å². The predicted octanol–water partition coefficient (Wildman–Crippen LogP) is -0.448. The normalized spacial score (nSPS) is 22.2. The third kappa shape index (κ3) is 3.98. The maximum atomic E-state index is 12.0. The van der Waals surface area contributed by atoms with E-state index in [0.717, 1.165) is 19.3 Å². The summed E-state index contributed by atoms with van der Waals surface area (Å²) >= 11 is 0. The number of carbonyl (C=O) groups is 2. The molecule has 1 fully saturated rings. The first-order chi connectivity index (χ1) is 8.06.